The molecule has 0 bridgehead atoms. The van der Waals surface area contributed by atoms with Gasteiger partial charge in [-0.15, -0.1) is 11.8 Å². The summed E-state index contributed by atoms with van der Waals surface area (Å²) >= 11 is 1.44. The molecule has 0 aliphatic carbocycles. The zero-order chi connectivity index (χ0) is 27.8. The van der Waals surface area contributed by atoms with Crippen LogP contribution in [0, 0.1) is 18.0 Å². The van der Waals surface area contributed by atoms with E-state index in [2.05, 4.69) is 58.8 Å². The quantitative estimate of drug-likeness (QED) is 0.0715. The number of thioether (sulfide) groups is 1. The molecule has 3 rings (SSSR count). The molecule has 0 aliphatic heterocycles. The summed E-state index contributed by atoms with van der Waals surface area (Å²) in [4.78, 5) is 0. The van der Waals surface area contributed by atoms with Crippen molar-refractivity contribution in [2.75, 3.05) is 31.9 Å². The van der Waals surface area contributed by atoms with Crippen molar-refractivity contribution in [2.45, 2.75) is 20.8 Å². The van der Waals surface area contributed by atoms with Gasteiger partial charge in [-0.3, -0.25) is 0 Å². The van der Waals surface area contributed by atoms with Crippen molar-refractivity contribution >= 4 is 37.3 Å². The van der Waals surface area contributed by atoms with Gasteiger partial charge in [0.2, 0.25) is 0 Å². The Morgan fingerprint density at radius 1 is 1.00 bits per heavy atom. The molecular weight excluding hydrogens is 713 g/mol. The van der Waals surface area contributed by atoms with Crippen LogP contribution in [0.4, 0.5) is 3.89 Å². The number of methoxy groups -OCH3 is 1. The third-order valence-corrected chi connectivity index (χ3v) is 6.84. The largest absolute Gasteiger partial charge is 2.00 e. The number of rotatable bonds is 6. The molecule has 3 heterocycles. The fraction of sp³-hybridized carbons (Fsp3) is 0.400. The second kappa shape index (κ2) is 25.7. The molecule has 0 fully saturated rings. The van der Waals surface area contributed by atoms with Gasteiger partial charge in [0, 0.05) is 23.8 Å². The zero-order valence-electron chi connectivity index (χ0n) is 21.2. The van der Waals surface area contributed by atoms with E-state index in [-0.39, 0.29) is 28.2 Å². The van der Waals surface area contributed by atoms with Crippen LogP contribution in [0.5, 0.6) is 0 Å². The first-order valence-corrected chi connectivity index (χ1v) is 14.8. The second-order valence-corrected chi connectivity index (χ2v) is 10.6. The maximum absolute atomic E-state index is 10.1. The predicted molar refractivity (Wildman–Crippen MR) is 140 cm³/mol. The molecule has 37 heavy (non-hydrogen) atoms. The van der Waals surface area contributed by atoms with Gasteiger partial charge in [-0.1, -0.05) is 32.5 Å². The van der Waals surface area contributed by atoms with Crippen molar-refractivity contribution in [3.05, 3.63) is 62.0 Å². The molecule has 17 heteroatoms. The van der Waals surface area contributed by atoms with Gasteiger partial charge < -0.3 is 23.1 Å². The summed E-state index contributed by atoms with van der Waals surface area (Å²) in [7, 11) is -3.62. The fourth-order valence-corrected chi connectivity index (χ4v) is 3.88. The topological polar surface area (TPSA) is 140 Å². The molecule has 0 spiro atoms. The minimum Gasteiger partial charge on any atom is -0.425 e. The molecule has 3 aromatic heterocycles. The molecular formula is C20H30BFN6O5PS2W. The SMILES string of the molecule is CCP(CC)CC.COC#CSC.O=S(=O)([O-])F.[C-]#[O+].[W+2].c1cnn([B-](n2cccn2)n2cccn2)c1. The number of halogens is 1. The van der Waals surface area contributed by atoms with Crippen molar-refractivity contribution < 1.29 is 47.3 Å². The van der Waals surface area contributed by atoms with E-state index >= 15 is 0 Å². The third-order valence-electron chi connectivity index (χ3n) is 3.87. The summed E-state index contributed by atoms with van der Waals surface area (Å²) < 4.78 is 52.6. The van der Waals surface area contributed by atoms with E-state index in [4.69, 9.17) is 17.6 Å². The van der Waals surface area contributed by atoms with Gasteiger partial charge in [-0.25, -0.2) is 23.7 Å². The first-order chi connectivity index (χ1) is 17.2. The normalized spacial score (nSPS) is 9.27. The summed E-state index contributed by atoms with van der Waals surface area (Å²) in [6, 6.07) is 5.62. The van der Waals surface area contributed by atoms with E-state index in [0.29, 0.717) is 7.92 Å². The van der Waals surface area contributed by atoms with Crippen LogP contribution in [0.3, 0.4) is 0 Å². The van der Waals surface area contributed by atoms with Crippen LogP contribution >= 0.6 is 19.7 Å². The molecule has 0 atom stereocenters. The Balaban J connectivity index is -0.000000466. The van der Waals surface area contributed by atoms with Crippen LogP contribution in [0.25, 0.3) is 0 Å². The van der Waals surface area contributed by atoms with Gasteiger partial charge in [0.15, 0.2) is 0 Å². The van der Waals surface area contributed by atoms with Gasteiger partial charge in [-0.2, -0.15) is 0 Å². The van der Waals surface area contributed by atoms with Crippen LogP contribution < -0.4 is 0 Å². The summed E-state index contributed by atoms with van der Waals surface area (Å²) in [5.74, 6) is 0. The van der Waals surface area contributed by atoms with Gasteiger partial charge in [0.25, 0.3) is 17.6 Å². The van der Waals surface area contributed by atoms with E-state index in [1.54, 1.807) is 39.5 Å². The van der Waals surface area contributed by atoms with Crippen molar-refractivity contribution in [3.63, 3.8) is 0 Å². The Labute approximate surface area is 238 Å². The minimum absolute atomic E-state index is 0. The van der Waals surface area contributed by atoms with E-state index in [0.717, 1.165) is 0 Å². The van der Waals surface area contributed by atoms with E-state index < -0.39 is 10.5 Å². The molecule has 203 valence electrons. The van der Waals surface area contributed by atoms with Gasteiger partial charge >= 0.3 is 32.4 Å². The molecule has 3 aromatic rings. The molecule has 0 saturated heterocycles. The van der Waals surface area contributed by atoms with Crippen LogP contribution in [-0.2, 0) is 41.0 Å². The summed E-state index contributed by atoms with van der Waals surface area (Å²) in [5.41, 5.74) is 0. The van der Waals surface area contributed by atoms with Crippen molar-refractivity contribution in [3.8, 4) is 11.4 Å². The number of hydrogen-bond acceptors (Lipinski definition) is 8. The number of hydrogen-bond donors (Lipinski definition) is 0. The fourth-order valence-electron chi connectivity index (χ4n) is 2.37. The van der Waals surface area contributed by atoms with Gasteiger partial charge in [0.1, 0.15) is 6.11 Å². The monoisotopic (exact) mass is 743 g/mol. The summed E-state index contributed by atoms with van der Waals surface area (Å²) in [6.07, 6.45) is 19.4. The van der Waals surface area contributed by atoms with E-state index in [1.807, 2.05) is 43.0 Å². The standard InChI is InChI=1S/C9H9BN6.C6H15P.C4H6OS.CO.FHO3S.W/c1-4-11-14(7-1)10(15-8-2-5-12-15)16-9-3-6-13-16;1-4-7(5-2)6-3;1-5-3-4-6-2;1-2;1-5(2,3)4;/h1-9H;4-6H2,1-3H3;1-2H3;;(H,2,3,4);/q-1;;;;;+2/p-1. The Kier molecular flexibility index (Phi) is 27.6. The van der Waals surface area contributed by atoms with Crippen molar-refractivity contribution in [2.24, 2.45) is 0 Å². The third kappa shape index (κ3) is 21.9. The average molecular weight is 743 g/mol. The van der Waals surface area contributed by atoms with Crippen molar-refractivity contribution in [1.82, 2.24) is 29.1 Å². The maximum Gasteiger partial charge on any atom is 2.00 e. The Morgan fingerprint density at radius 2 is 1.32 bits per heavy atom. The zero-order valence-corrected chi connectivity index (χ0v) is 26.6. The Morgan fingerprint density at radius 3 is 1.46 bits per heavy atom. The number of ether oxygens (including phenoxy) is 1. The summed E-state index contributed by atoms with van der Waals surface area (Å²) in [5, 5.41) is 15.3. The van der Waals surface area contributed by atoms with E-state index in [1.165, 1.54) is 30.2 Å². The Hall–Kier alpha value is -1.90. The number of nitrogens with zero attached hydrogens (tertiary/aromatic N) is 6. The molecule has 0 aliphatic rings. The Bertz CT molecular complexity index is 959. The van der Waals surface area contributed by atoms with Crippen LogP contribution in [0.1, 0.15) is 20.8 Å². The van der Waals surface area contributed by atoms with E-state index in [9.17, 15) is 3.89 Å². The summed E-state index contributed by atoms with van der Waals surface area (Å²) in [6.45, 7) is 11.4. The van der Waals surface area contributed by atoms with Crippen molar-refractivity contribution in [1.29, 1.82) is 0 Å². The first kappa shape index (κ1) is 39.6. The maximum atomic E-state index is 10.1. The van der Waals surface area contributed by atoms with Gasteiger partial charge in [0.05, 0.1) is 7.11 Å². The minimum atomic E-state index is -5.42. The van der Waals surface area contributed by atoms with Crippen LogP contribution in [-0.4, -0.2) is 81.0 Å². The number of aromatic nitrogens is 6. The molecule has 1 radical (unpaired) electrons. The molecule has 11 nitrogen and oxygen atoms in total. The molecule has 0 N–H and O–H groups in total. The van der Waals surface area contributed by atoms with Crippen LogP contribution in [0.2, 0.25) is 0 Å². The average Bonchev–Trinajstić information content (AvgIpc) is 3.65. The second-order valence-electron chi connectivity index (χ2n) is 5.93. The molecule has 0 amide bonds. The van der Waals surface area contributed by atoms with Crippen LogP contribution in [0.15, 0.2) is 55.4 Å². The first-order valence-electron chi connectivity index (χ1n) is 10.3. The smallest absolute Gasteiger partial charge is 0.425 e. The molecule has 0 saturated carbocycles. The van der Waals surface area contributed by atoms with Gasteiger partial charge in [-0.05, 0) is 61.5 Å². The molecule has 0 aromatic carbocycles. The predicted octanol–water partition coefficient (Wildman–Crippen LogP) is 3.02. The molecule has 0 unspecified atom stereocenters.